The Kier molecular flexibility index (Phi) is 3.76. The molecule has 0 fully saturated rings. The van der Waals surface area contributed by atoms with Crippen LogP contribution >= 0.6 is 0 Å². The van der Waals surface area contributed by atoms with Gasteiger partial charge in [-0.05, 0) is 35.9 Å². The van der Waals surface area contributed by atoms with E-state index in [9.17, 15) is 14.4 Å². The van der Waals surface area contributed by atoms with E-state index in [4.69, 9.17) is 0 Å². The van der Waals surface area contributed by atoms with E-state index < -0.39 is 5.97 Å². The SMILES string of the molecule is COC(=O)/C=C/c1cccc(N2C(=O)c3ccccc3C2=O)c1. The zero-order valence-corrected chi connectivity index (χ0v) is 12.4. The lowest BCUT2D eigenvalue weighted by Crippen LogP contribution is -2.29. The van der Waals surface area contributed by atoms with Gasteiger partial charge in [-0.3, -0.25) is 9.59 Å². The Morgan fingerprint density at radius 3 is 2.26 bits per heavy atom. The first-order chi connectivity index (χ1) is 11.1. The number of fused-ring (bicyclic) bond motifs is 1. The molecule has 0 aromatic heterocycles. The molecule has 1 heterocycles. The van der Waals surface area contributed by atoms with E-state index in [2.05, 4.69) is 4.74 Å². The third-order valence-electron chi connectivity index (χ3n) is 3.54. The number of carbonyl (C=O) groups is 3. The summed E-state index contributed by atoms with van der Waals surface area (Å²) in [6.45, 7) is 0. The van der Waals surface area contributed by atoms with Crippen LogP contribution in [0.5, 0.6) is 0 Å². The molecule has 0 N–H and O–H groups in total. The van der Waals surface area contributed by atoms with Crippen LogP contribution in [0, 0.1) is 0 Å². The number of imide groups is 1. The summed E-state index contributed by atoms with van der Waals surface area (Å²) >= 11 is 0. The summed E-state index contributed by atoms with van der Waals surface area (Å²) in [4.78, 5) is 37.2. The minimum atomic E-state index is -0.476. The molecular weight excluding hydrogens is 294 g/mol. The molecule has 1 aliphatic heterocycles. The van der Waals surface area contributed by atoms with E-state index in [1.807, 2.05) is 0 Å². The number of esters is 1. The lowest BCUT2D eigenvalue weighted by atomic mass is 10.1. The zero-order chi connectivity index (χ0) is 16.4. The number of nitrogens with zero attached hydrogens (tertiary/aromatic N) is 1. The zero-order valence-electron chi connectivity index (χ0n) is 12.4. The molecule has 0 bridgehead atoms. The average Bonchev–Trinajstić information content (AvgIpc) is 2.84. The van der Waals surface area contributed by atoms with Crippen molar-refractivity contribution >= 4 is 29.5 Å². The largest absolute Gasteiger partial charge is 0.466 e. The van der Waals surface area contributed by atoms with Crippen molar-refractivity contribution in [2.75, 3.05) is 12.0 Å². The van der Waals surface area contributed by atoms with Crippen molar-refractivity contribution in [2.45, 2.75) is 0 Å². The Morgan fingerprint density at radius 2 is 1.65 bits per heavy atom. The van der Waals surface area contributed by atoms with Gasteiger partial charge in [0.25, 0.3) is 11.8 Å². The highest BCUT2D eigenvalue weighted by Gasteiger charge is 2.36. The summed E-state index contributed by atoms with van der Waals surface area (Å²) in [5.41, 5.74) is 1.94. The highest BCUT2D eigenvalue weighted by molar-refractivity contribution is 6.34. The minimum Gasteiger partial charge on any atom is -0.466 e. The monoisotopic (exact) mass is 307 g/mol. The number of methoxy groups -OCH3 is 1. The molecule has 0 unspecified atom stereocenters. The van der Waals surface area contributed by atoms with Crippen molar-refractivity contribution in [1.82, 2.24) is 0 Å². The van der Waals surface area contributed by atoms with Crippen LogP contribution in [0.25, 0.3) is 6.08 Å². The van der Waals surface area contributed by atoms with Gasteiger partial charge < -0.3 is 4.74 Å². The molecule has 0 spiro atoms. The van der Waals surface area contributed by atoms with Gasteiger partial charge in [0.1, 0.15) is 0 Å². The van der Waals surface area contributed by atoms with Crippen LogP contribution in [-0.4, -0.2) is 24.9 Å². The van der Waals surface area contributed by atoms with Gasteiger partial charge in [-0.25, -0.2) is 9.69 Å². The van der Waals surface area contributed by atoms with Crippen molar-refractivity contribution in [3.8, 4) is 0 Å². The van der Waals surface area contributed by atoms with Gasteiger partial charge in [0.05, 0.1) is 23.9 Å². The molecule has 5 nitrogen and oxygen atoms in total. The van der Waals surface area contributed by atoms with Crippen LogP contribution < -0.4 is 4.90 Å². The van der Waals surface area contributed by atoms with Gasteiger partial charge in [-0.2, -0.15) is 0 Å². The second kappa shape index (κ2) is 5.88. The molecule has 2 aromatic carbocycles. The first-order valence-corrected chi connectivity index (χ1v) is 6.95. The topological polar surface area (TPSA) is 63.7 Å². The van der Waals surface area contributed by atoms with Crippen LogP contribution in [0.4, 0.5) is 5.69 Å². The second-order valence-electron chi connectivity index (χ2n) is 4.94. The van der Waals surface area contributed by atoms with Crippen molar-refractivity contribution < 1.29 is 19.1 Å². The molecule has 23 heavy (non-hydrogen) atoms. The Morgan fingerprint density at radius 1 is 1.00 bits per heavy atom. The molecule has 0 atom stereocenters. The number of rotatable bonds is 3. The number of anilines is 1. The maximum absolute atomic E-state index is 12.4. The lowest BCUT2D eigenvalue weighted by molar-refractivity contribution is -0.134. The number of ether oxygens (including phenoxy) is 1. The van der Waals surface area contributed by atoms with E-state index in [1.165, 1.54) is 13.2 Å². The van der Waals surface area contributed by atoms with Gasteiger partial charge in [0.15, 0.2) is 0 Å². The first-order valence-electron chi connectivity index (χ1n) is 6.95. The average molecular weight is 307 g/mol. The predicted molar refractivity (Wildman–Crippen MR) is 85.1 cm³/mol. The minimum absolute atomic E-state index is 0.348. The predicted octanol–water partition coefficient (Wildman–Crippen LogP) is 2.67. The summed E-state index contributed by atoms with van der Waals surface area (Å²) in [5, 5.41) is 0. The molecular formula is C18H13NO4. The Hall–Kier alpha value is -3.21. The summed E-state index contributed by atoms with van der Waals surface area (Å²) in [6, 6.07) is 13.6. The van der Waals surface area contributed by atoms with Gasteiger partial charge in [0, 0.05) is 6.08 Å². The fourth-order valence-corrected chi connectivity index (χ4v) is 2.42. The second-order valence-corrected chi connectivity index (χ2v) is 4.94. The van der Waals surface area contributed by atoms with Crippen molar-refractivity contribution in [3.63, 3.8) is 0 Å². The highest BCUT2D eigenvalue weighted by atomic mass is 16.5. The molecule has 0 saturated carbocycles. The molecule has 0 radical (unpaired) electrons. The molecule has 3 rings (SSSR count). The standard InChI is InChI=1S/C18H13NO4/c1-23-16(20)10-9-12-5-4-6-13(11-12)19-17(21)14-7-2-3-8-15(14)18(19)22/h2-11H,1H3/b10-9+. The summed E-state index contributed by atoms with van der Waals surface area (Å²) in [5.74, 6) is -1.17. The summed E-state index contributed by atoms with van der Waals surface area (Å²) < 4.78 is 4.53. The molecule has 2 aromatic rings. The van der Waals surface area contributed by atoms with Crippen LogP contribution in [0.3, 0.4) is 0 Å². The number of hydrogen-bond donors (Lipinski definition) is 0. The number of carbonyl (C=O) groups excluding carboxylic acids is 3. The molecule has 2 amide bonds. The van der Waals surface area contributed by atoms with Gasteiger partial charge >= 0.3 is 5.97 Å². The van der Waals surface area contributed by atoms with E-state index >= 15 is 0 Å². The maximum Gasteiger partial charge on any atom is 0.330 e. The van der Waals surface area contributed by atoms with Gasteiger partial charge in [0.2, 0.25) is 0 Å². The number of amides is 2. The van der Waals surface area contributed by atoms with Crippen molar-refractivity contribution in [3.05, 3.63) is 71.3 Å². The summed E-state index contributed by atoms with van der Waals surface area (Å²) in [7, 11) is 1.29. The Labute approximate surface area is 132 Å². The molecule has 1 aliphatic rings. The van der Waals surface area contributed by atoms with Crippen molar-refractivity contribution in [1.29, 1.82) is 0 Å². The Balaban J connectivity index is 1.95. The van der Waals surface area contributed by atoms with E-state index in [-0.39, 0.29) is 11.8 Å². The fourth-order valence-electron chi connectivity index (χ4n) is 2.42. The van der Waals surface area contributed by atoms with E-state index in [1.54, 1.807) is 54.6 Å². The number of benzene rings is 2. The normalized spacial score (nSPS) is 13.5. The van der Waals surface area contributed by atoms with E-state index in [0.29, 0.717) is 22.4 Å². The van der Waals surface area contributed by atoms with Gasteiger partial charge in [-0.15, -0.1) is 0 Å². The molecule has 0 saturated heterocycles. The van der Waals surface area contributed by atoms with Gasteiger partial charge in [-0.1, -0.05) is 24.3 Å². The fraction of sp³-hybridized carbons (Fsp3) is 0.0556. The van der Waals surface area contributed by atoms with Crippen LogP contribution in [0.2, 0.25) is 0 Å². The van der Waals surface area contributed by atoms with Crippen LogP contribution in [0.15, 0.2) is 54.6 Å². The molecule has 0 aliphatic carbocycles. The summed E-state index contributed by atoms with van der Waals surface area (Å²) in [6.07, 6.45) is 2.84. The van der Waals surface area contributed by atoms with E-state index in [0.717, 1.165) is 4.90 Å². The van der Waals surface area contributed by atoms with Crippen molar-refractivity contribution in [2.24, 2.45) is 0 Å². The third-order valence-corrected chi connectivity index (χ3v) is 3.54. The van der Waals surface area contributed by atoms with Crippen LogP contribution in [0.1, 0.15) is 26.3 Å². The maximum atomic E-state index is 12.4. The molecule has 114 valence electrons. The first kappa shape index (κ1) is 14.7. The third kappa shape index (κ3) is 2.64. The smallest absolute Gasteiger partial charge is 0.330 e. The van der Waals surface area contributed by atoms with Crippen LogP contribution in [-0.2, 0) is 9.53 Å². The number of hydrogen-bond acceptors (Lipinski definition) is 4. The Bertz CT molecular complexity index is 803. The lowest BCUT2D eigenvalue weighted by Gasteiger charge is -2.14. The quantitative estimate of drug-likeness (QED) is 0.497. The molecule has 5 heteroatoms. The highest BCUT2D eigenvalue weighted by Crippen LogP contribution is 2.28.